The molecule has 1 saturated heterocycles. The summed E-state index contributed by atoms with van der Waals surface area (Å²) in [5, 5.41) is 4.50. The number of rotatable bonds is 1. The Morgan fingerprint density at radius 1 is 1.28 bits per heavy atom. The molecule has 18 heavy (non-hydrogen) atoms. The van der Waals surface area contributed by atoms with Crippen molar-refractivity contribution in [2.24, 2.45) is 4.99 Å². The number of benzene rings is 1. The Bertz CT molecular complexity index is 472. The first-order valence-electron chi connectivity index (χ1n) is 6.09. The molecule has 1 N–H and O–H groups in total. The highest BCUT2D eigenvalue weighted by atomic mass is 127. The molecule has 0 aromatic heterocycles. The maximum Gasteiger partial charge on any atom is 0.161 e. The Labute approximate surface area is 125 Å². The minimum Gasteiger partial charge on any atom is -0.381 e. The summed E-state index contributed by atoms with van der Waals surface area (Å²) in [5.41, 5.74) is 1.28. The van der Waals surface area contributed by atoms with Gasteiger partial charge in [0.25, 0.3) is 0 Å². The van der Waals surface area contributed by atoms with Crippen LogP contribution in [-0.4, -0.2) is 29.7 Å². The van der Waals surface area contributed by atoms with Crippen LogP contribution in [0.15, 0.2) is 29.3 Å². The van der Waals surface area contributed by atoms with Crippen LogP contribution >= 0.6 is 34.4 Å². The van der Waals surface area contributed by atoms with Crippen LogP contribution in [0.3, 0.4) is 0 Å². The lowest BCUT2D eigenvalue weighted by molar-refractivity contribution is 0.0624. The van der Waals surface area contributed by atoms with Crippen LogP contribution in [0.4, 0.5) is 5.69 Å². The molecule has 1 aromatic rings. The summed E-state index contributed by atoms with van der Waals surface area (Å²) in [4.78, 5) is 4.90. The molecule has 0 aliphatic carbocycles. The van der Waals surface area contributed by atoms with Crippen LogP contribution in [0.1, 0.15) is 12.8 Å². The Morgan fingerprint density at radius 2 is 2.06 bits per heavy atom. The minimum atomic E-state index is 0.130. The number of para-hydroxylation sites is 1. The fraction of sp³-hybridized carbons (Fsp3) is 0.462. The number of aliphatic imine (C=N–C) groups is 1. The van der Waals surface area contributed by atoms with Gasteiger partial charge in [0.1, 0.15) is 0 Å². The van der Waals surface area contributed by atoms with Crippen molar-refractivity contribution in [3.05, 3.63) is 27.8 Å². The lowest BCUT2D eigenvalue weighted by atomic mass is 9.93. The van der Waals surface area contributed by atoms with E-state index in [2.05, 4.69) is 52.2 Å². The molecule has 0 radical (unpaired) electrons. The SMILES string of the molecule is Ic1ccccc1NC1=NC2(CCOCC2)CS1. The molecule has 2 aliphatic rings. The second-order valence-electron chi connectivity index (χ2n) is 4.65. The summed E-state index contributed by atoms with van der Waals surface area (Å²) >= 11 is 4.18. The number of nitrogens with one attached hydrogen (secondary N) is 1. The molecular formula is C13H15IN2OS. The van der Waals surface area contributed by atoms with Crippen molar-refractivity contribution < 1.29 is 4.74 Å². The van der Waals surface area contributed by atoms with E-state index in [1.54, 1.807) is 0 Å². The summed E-state index contributed by atoms with van der Waals surface area (Å²) in [6.45, 7) is 1.69. The predicted octanol–water partition coefficient (Wildman–Crippen LogP) is 3.36. The van der Waals surface area contributed by atoms with Crippen LogP contribution in [0.5, 0.6) is 0 Å². The van der Waals surface area contributed by atoms with Gasteiger partial charge in [0.2, 0.25) is 0 Å². The van der Waals surface area contributed by atoms with E-state index in [-0.39, 0.29) is 5.54 Å². The molecule has 2 heterocycles. The molecule has 0 saturated carbocycles. The molecule has 3 rings (SSSR count). The van der Waals surface area contributed by atoms with Gasteiger partial charge in [0.05, 0.1) is 11.2 Å². The first-order chi connectivity index (χ1) is 8.77. The monoisotopic (exact) mass is 374 g/mol. The zero-order chi connectivity index (χ0) is 12.4. The van der Waals surface area contributed by atoms with Crippen molar-refractivity contribution in [2.75, 3.05) is 24.3 Å². The first kappa shape index (κ1) is 12.7. The zero-order valence-electron chi connectivity index (χ0n) is 9.99. The van der Waals surface area contributed by atoms with Gasteiger partial charge < -0.3 is 10.1 Å². The highest BCUT2D eigenvalue weighted by Crippen LogP contribution is 2.36. The van der Waals surface area contributed by atoms with Crippen LogP contribution in [-0.2, 0) is 4.74 Å². The van der Waals surface area contributed by atoms with Gasteiger partial charge in [-0.05, 0) is 47.6 Å². The van der Waals surface area contributed by atoms with Crippen LogP contribution in [0, 0.1) is 3.57 Å². The van der Waals surface area contributed by atoms with Gasteiger partial charge in [-0.3, -0.25) is 4.99 Å². The Kier molecular flexibility index (Phi) is 3.81. The van der Waals surface area contributed by atoms with Gasteiger partial charge in [-0.1, -0.05) is 23.9 Å². The second-order valence-corrected chi connectivity index (χ2v) is 6.77. The predicted molar refractivity (Wildman–Crippen MR) is 85.5 cm³/mol. The quantitative estimate of drug-likeness (QED) is 0.766. The van der Waals surface area contributed by atoms with E-state index in [1.165, 1.54) is 3.57 Å². The third-order valence-corrected chi connectivity index (χ3v) is 5.44. The Balaban J connectivity index is 1.74. The van der Waals surface area contributed by atoms with Crippen LogP contribution in [0.25, 0.3) is 0 Å². The van der Waals surface area contributed by atoms with Gasteiger partial charge in [-0.25, -0.2) is 0 Å². The molecule has 5 heteroatoms. The number of amidine groups is 1. The van der Waals surface area contributed by atoms with E-state index in [0.29, 0.717) is 0 Å². The molecule has 1 spiro atoms. The smallest absolute Gasteiger partial charge is 0.161 e. The van der Waals surface area contributed by atoms with Crippen molar-refractivity contribution in [1.29, 1.82) is 0 Å². The lowest BCUT2D eigenvalue weighted by Gasteiger charge is -2.29. The third-order valence-electron chi connectivity index (χ3n) is 3.36. The van der Waals surface area contributed by atoms with Gasteiger partial charge in [0.15, 0.2) is 5.17 Å². The minimum absolute atomic E-state index is 0.130. The Morgan fingerprint density at radius 3 is 2.83 bits per heavy atom. The van der Waals surface area contributed by atoms with Gasteiger partial charge >= 0.3 is 0 Å². The highest BCUT2D eigenvalue weighted by Gasteiger charge is 2.37. The van der Waals surface area contributed by atoms with Crippen molar-refractivity contribution in [1.82, 2.24) is 0 Å². The molecule has 0 amide bonds. The summed E-state index contributed by atoms with van der Waals surface area (Å²) < 4.78 is 6.66. The third kappa shape index (κ3) is 2.67. The topological polar surface area (TPSA) is 33.6 Å². The van der Waals surface area contributed by atoms with E-state index < -0.39 is 0 Å². The summed E-state index contributed by atoms with van der Waals surface area (Å²) in [6, 6.07) is 8.30. The van der Waals surface area contributed by atoms with Crippen molar-refractivity contribution in [3.63, 3.8) is 0 Å². The number of nitrogens with zero attached hydrogens (tertiary/aromatic N) is 1. The maximum atomic E-state index is 5.43. The highest BCUT2D eigenvalue weighted by molar-refractivity contribution is 14.1. The molecule has 1 aromatic carbocycles. The number of ether oxygens (including phenoxy) is 1. The fourth-order valence-corrected chi connectivity index (χ4v) is 3.95. The normalized spacial score (nSPS) is 21.9. The average Bonchev–Trinajstić information content (AvgIpc) is 2.76. The van der Waals surface area contributed by atoms with Crippen molar-refractivity contribution >= 4 is 45.2 Å². The molecule has 3 nitrogen and oxygen atoms in total. The molecule has 0 bridgehead atoms. The van der Waals surface area contributed by atoms with Gasteiger partial charge in [-0.2, -0.15) is 0 Å². The molecule has 2 aliphatic heterocycles. The zero-order valence-corrected chi connectivity index (χ0v) is 13.0. The van der Waals surface area contributed by atoms with E-state index >= 15 is 0 Å². The Hall–Kier alpha value is -0.270. The van der Waals surface area contributed by atoms with E-state index in [0.717, 1.165) is 42.7 Å². The van der Waals surface area contributed by atoms with E-state index in [9.17, 15) is 0 Å². The van der Waals surface area contributed by atoms with Crippen molar-refractivity contribution in [3.8, 4) is 0 Å². The van der Waals surface area contributed by atoms with Crippen LogP contribution in [0.2, 0.25) is 0 Å². The molecule has 96 valence electrons. The number of hydrogen-bond donors (Lipinski definition) is 1. The second kappa shape index (κ2) is 5.38. The first-order valence-corrected chi connectivity index (χ1v) is 8.16. The largest absolute Gasteiger partial charge is 0.381 e. The average molecular weight is 374 g/mol. The fourth-order valence-electron chi connectivity index (χ4n) is 2.23. The number of hydrogen-bond acceptors (Lipinski definition) is 4. The standard InChI is InChI=1S/C13H15IN2OS/c14-10-3-1-2-4-11(10)15-12-16-13(9-18-12)5-7-17-8-6-13/h1-4H,5-9H2,(H,15,16). The summed E-state index contributed by atoms with van der Waals surface area (Å²) in [5.74, 6) is 1.09. The number of thioether (sulfide) groups is 1. The van der Waals surface area contributed by atoms with Gasteiger partial charge in [0, 0.05) is 22.5 Å². The van der Waals surface area contributed by atoms with E-state index in [4.69, 9.17) is 9.73 Å². The molecule has 0 atom stereocenters. The summed E-state index contributed by atoms with van der Waals surface area (Å²) in [7, 11) is 0. The molecule has 0 unspecified atom stereocenters. The van der Waals surface area contributed by atoms with E-state index in [1.807, 2.05) is 11.8 Å². The van der Waals surface area contributed by atoms with Crippen LogP contribution < -0.4 is 5.32 Å². The summed E-state index contributed by atoms with van der Waals surface area (Å²) in [6.07, 6.45) is 2.11. The number of anilines is 1. The van der Waals surface area contributed by atoms with Crippen molar-refractivity contribution in [2.45, 2.75) is 18.4 Å². The number of halogens is 1. The van der Waals surface area contributed by atoms with Gasteiger partial charge in [-0.15, -0.1) is 0 Å². The molecular weight excluding hydrogens is 359 g/mol. The lowest BCUT2D eigenvalue weighted by Crippen LogP contribution is -2.34. The maximum absolute atomic E-state index is 5.43. The molecule has 1 fully saturated rings.